The van der Waals surface area contributed by atoms with Gasteiger partial charge in [0.1, 0.15) is 11.6 Å². The third-order valence-corrected chi connectivity index (χ3v) is 2.62. The molecule has 0 aliphatic carbocycles. The van der Waals surface area contributed by atoms with E-state index in [0.29, 0.717) is 11.5 Å². The molecule has 0 radical (unpaired) electrons. The largest absolute Gasteiger partial charge is 0.506 e. The molecule has 4 nitrogen and oxygen atoms in total. The van der Waals surface area contributed by atoms with Crippen LogP contribution in [0.4, 0.5) is 11.5 Å². The van der Waals surface area contributed by atoms with Gasteiger partial charge in [-0.2, -0.15) is 0 Å². The number of hydrogen-bond donors (Lipinski definition) is 2. The molecule has 0 atom stereocenters. The molecule has 0 aliphatic heterocycles. The maximum atomic E-state index is 9.67. The fourth-order valence-electron chi connectivity index (χ4n) is 1.73. The van der Waals surface area contributed by atoms with Crippen LogP contribution in [-0.2, 0) is 0 Å². The molecule has 2 aromatic carbocycles. The third kappa shape index (κ3) is 1.96. The fourth-order valence-corrected chi connectivity index (χ4v) is 1.73. The molecular formula is C14H11N3O. The minimum Gasteiger partial charge on any atom is -0.506 e. The Labute approximate surface area is 104 Å². The minimum atomic E-state index is 0.187. The number of nitrogens with zero attached hydrogens (tertiary/aromatic N) is 2. The molecule has 0 fully saturated rings. The highest BCUT2D eigenvalue weighted by Crippen LogP contribution is 2.25. The van der Waals surface area contributed by atoms with Gasteiger partial charge in [-0.1, -0.05) is 24.3 Å². The fraction of sp³-hybridized carbons (Fsp3) is 0. The van der Waals surface area contributed by atoms with Gasteiger partial charge in [0.25, 0.3) is 0 Å². The van der Waals surface area contributed by atoms with Crippen molar-refractivity contribution in [3.8, 4) is 5.75 Å². The van der Waals surface area contributed by atoms with E-state index >= 15 is 0 Å². The Morgan fingerprint density at radius 3 is 2.44 bits per heavy atom. The lowest BCUT2D eigenvalue weighted by Crippen LogP contribution is -1.95. The highest BCUT2D eigenvalue weighted by Gasteiger charge is 2.02. The zero-order valence-corrected chi connectivity index (χ0v) is 9.54. The second-order valence-electron chi connectivity index (χ2n) is 3.89. The van der Waals surface area contributed by atoms with Crippen LogP contribution >= 0.6 is 0 Å². The van der Waals surface area contributed by atoms with Gasteiger partial charge in [-0.15, -0.1) is 0 Å². The van der Waals surface area contributed by atoms with Gasteiger partial charge in [0.15, 0.2) is 0 Å². The number of hydrogen-bond acceptors (Lipinski definition) is 4. The number of aromatic hydroxyl groups is 1. The molecule has 0 amide bonds. The van der Waals surface area contributed by atoms with E-state index in [-0.39, 0.29) is 5.75 Å². The quantitative estimate of drug-likeness (QED) is 0.672. The Bertz CT molecular complexity index is 697. The number of aromatic nitrogens is 2. The monoisotopic (exact) mass is 237 g/mol. The van der Waals surface area contributed by atoms with Crippen molar-refractivity contribution < 1.29 is 5.11 Å². The molecule has 4 heteroatoms. The van der Waals surface area contributed by atoms with E-state index in [1.165, 1.54) is 0 Å². The average Bonchev–Trinajstić information content (AvgIpc) is 2.41. The SMILES string of the molecule is Oc1ccccc1Nc1cnc2ccccc2n1. The van der Waals surface area contributed by atoms with Gasteiger partial charge in [-0.3, -0.25) is 4.98 Å². The van der Waals surface area contributed by atoms with Crippen molar-refractivity contribution in [3.05, 3.63) is 54.7 Å². The van der Waals surface area contributed by atoms with E-state index < -0.39 is 0 Å². The number of phenols is 1. The molecular weight excluding hydrogens is 226 g/mol. The van der Waals surface area contributed by atoms with Crippen LogP contribution in [0.3, 0.4) is 0 Å². The summed E-state index contributed by atoms with van der Waals surface area (Å²) in [5.74, 6) is 0.794. The van der Waals surface area contributed by atoms with Crippen molar-refractivity contribution in [2.24, 2.45) is 0 Å². The zero-order chi connectivity index (χ0) is 12.4. The first kappa shape index (κ1) is 10.5. The number of anilines is 2. The zero-order valence-electron chi connectivity index (χ0n) is 9.54. The first-order chi connectivity index (χ1) is 8.83. The number of benzene rings is 2. The van der Waals surface area contributed by atoms with Crippen LogP contribution in [-0.4, -0.2) is 15.1 Å². The molecule has 3 aromatic rings. The van der Waals surface area contributed by atoms with E-state index in [2.05, 4.69) is 15.3 Å². The Hall–Kier alpha value is -2.62. The number of nitrogens with one attached hydrogen (secondary N) is 1. The Balaban J connectivity index is 1.98. The van der Waals surface area contributed by atoms with E-state index in [9.17, 15) is 5.11 Å². The van der Waals surface area contributed by atoms with E-state index in [4.69, 9.17) is 0 Å². The van der Waals surface area contributed by atoms with Gasteiger partial charge in [0.05, 0.1) is 22.9 Å². The summed E-state index contributed by atoms with van der Waals surface area (Å²) in [6.45, 7) is 0. The van der Waals surface area contributed by atoms with E-state index in [0.717, 1.165) is 11.0 Å². The van der Waals surface area contributed by atoms with Crippen molar-refractivity contribution >= 4 is 22.5 Å². The highest BCUT2D eigenvalue weighted by atomic mass is 16.3. The molecule has 2 N–H and O–H groups in total. The van der Waals surface area contributed by atoms with Gasteiger partial charge in [-0.25, -0.2) is 4.98 Å². The summed E-state index contributed by atoms with van der Waals surface area (Å²) < 4.78 is 0. The van der Waals surface area contributed by atoms with Crippen molar-refractivity contribution in [2.75, 3.05) is 5.32 Å². The van der Waals surface area contributed by atoms with Crippen molar-refractivity contribution in [1.82, 2.24) is 9.97 Å². The maximum Gasteiger partial charge on any atom is 0.149 e. The molecule has 0 bridgehead atoms. The molecule has 3 rings (SSSR count). The summed E-state index contributed by atoms with van der Waals surface area (Å²) in [4.78, 5) is 8.73. The Morgan fingerprint density at radius 1 is 0.889 bits per heavy atom. The standard InChI is InChI=1S/C14H11N3O/c18-13-8-4-3-7-12(13)17-14-9-15-10-5-1-2-6-11(10)16-14/h1-9,18H,(H,16,17). The average molecular weight is 237 g/mol. The van der Waals surface area contributed by atoms with Crippen LogP contribution in [0.2, 0.25) is 0 Å². The van der Waals surface area contributed by atoms with Crippen LogP contribution in [0.5, 0.6) is 5.75 Å². The summed E-state index contributed by atoms with van der Waals surface area (Å²) in [6.07, 6.45) is 1.65. The van der Waals surface area contributed by atoms with Crippen molar-refractivity contribution in [1.29, 1.82) is 0 Å². The summed E-state index contributed by atoms with van der Waals surface area (Å²) in [6, 6.07) is 14.7. The smallest absolute Gasteiger partial charge is 0.149 e. The Kier molecular flexibility index (Phi) is 2.53. The maximum absolute atomic E-state index is 9.67. The second kappa shape index (κ2) is 4.33. The summed E-state index contributed by atoms with van der Waals surface area (Å²) in [5.41, 5.74) is 2.28. The predicted molar refractivity (Wildman–Crippen MR) is 70.9 cm³/mol. The van der Waals surface area contributed by atoms with Crippen LogP contribution in [0.15, 0.2) is 54.7 Å². The molecule has 1 heterocycles. The lowest BCUT2D eigenvalue weighted by molar-refractivity contribution is 0.477. The van der Waals surface area contributed by atoms with Crippen molar-refractivity contribution in [2.45, 2.75) is 0 Å². The highest BCUT2D eigenvalue weighted by molar-refractivity contribution is 5.76. The Morgan fingerprint density at radius 2 is 1.61 bits per heavy atom. The molecule has 1 aromatic heterocycles. The molecule has 0 saturated carbocycles. The second-order valence-corrected chi connectivity index (χ2v) is 3.89. The first-order valence-corrected chi connectivity index (χ1v) is 5.60. The number of phenolic OH excluding ortho intramolecular Hbond substituents is 1. The number of rotatable bonds is 2. The number of fused-ring (bicyclic) bond motifs is 1. The van der Waals surface area contributed by atoms with Crippen LogP contribution in [0.25, 0.3) is 11.0 Å². The third-order valence-electron chi connectivity index (χ3n) is 2.62. The predicted octanol–water partition coefficient (Wildman–Crippen LogP) is 3.08. The van der Waals surface area contributed by atoms with E-state index in [1.807, 2.05) is 30.3 Å². The topological polar surface area (TPSA) is 58.0 Å². The van der Waals surface area contributed by atoms with Crippen LogP contribution in [0.1, 0.15) is 0 Å². The molecule has 0 spiro atoms. The van der Waals surface area contributed by atoms with Gasteiger partial charge in [0, 0.05) is 0 Å². The van der Waals surface area contributed by atoms with Gasteiger partial charge >= 0.3 is 0 Å². The van der Waals surface area contributed by atoms with Gasteiger partial charge in [-0.05, 0) is 24.3 Å². The van der Waals surface area contributed by atoms with Gasteiger partial charge in [0.2, 0.25) is 0 Å². The molecule has 88 valence electrons. The number of para-hydroxylation sites is 4. The van der Waals surface area contributed by atoms with Crippen LogP contribution < -0.4 is 5.32 Å². The molecule has 18 heavy (non-hydrogen) atoms. The normalized spacial score (nSPS) is 10.4. The lowest BCUT2D eigenvalue weighted by atomic mass is 10.3. The molecule has 0 aliphatic rings. The van der Waals surface area contributed by atoms with Crippen molar-refractivity contribution in [3.63, 3.8) is 0 Å². The minimum absolute atomic E-state index is 0.187. The molecule has 0 unspecified atom stereocenters. The van der Waals surface area contributed by atoms with Crippen LogP contribution in [0, 0.1) is 0 Å². The molecule has 0 saturated heterocycles. The summed E-state index contributed by atoms with van der Waals surface area (Å²) in [7, 11) is 0. The first-order valence-electron chi connectivity index (χ1n) is 5.60. The van der Waals surface area contributed by atoms with E-state index in [1.54, 1.807) is 24.4 Å². The van der Waals surface area contributed by atoms with Gasteiger partial charge < -0.3 is 10.4 Å². The summed E-state index contributed by atoms with van der Waals surface area (Å²) in [5, 5.41) is 12.7. The lowest BCUT2D eigenvalue weighted by Gasteiger charge is -2.07. The summed E-state index contributed by atoms with van der Waals surface area (Å²) >= 11 is 0.